The van der Waals surface area contributed by atoms with Gasteiger partial charge in [-0.05, 0) is 13.8 Å². The number of nitrogens with zero attached hydrogens (tertiary/aromatic N) is 4. The molecular weight excluding hydrogens is 272 g/mol. The fourth-order valence-corrected chi connectivity index (χ4v) is 2.45. The maximum absolute atomic E-state index is 11.5. The van der Waals surface area contributed by atoms with E-state index in [1.807, 2.05) is 0 Å². The number of piperazine rings is 1. The van der Waals surface area contributed by atoms with Crippen molar-refractivity contribution >= 4 is 18.1 Å². The smallest absolute Gasteiger partial charge is 0.320 e. The summed E-state index contributed by atoms with van der Waals surface area (Å²) in [6, 6.07) is 0.213. The third kappa shape index (κ3) is 3.98. The minimum Gasteiger partial charge on any atom is -0.465 e. The predicted molar refractivity (Wildman–Crippen MR) is 77.3 cm³/mol. The summed E-state index contributed by atoms with van der Waals surface area (Å²) in [5.74, 6) is 0.567. The van der Waals surface area contributed by atoms with Gasteiger partial charge in [0.2, 0.25) is 0 Å². The summed E-state index contributed by atoms with van der Waals surface area (Å²) in [5, 5.41) is 0. The zero-order chi connectivity index (χ0) is 15.2. The molecule has 0 aliphatic carbocycles. The average molecular weight is 292 g/mol. The Morgan fingerprint density at radius 3 is 2.81 bits per heavy atom. The van der Waals surface area contributed by atoms with Gasteiger partial charge in [-0.15, -0.1) is 0 Å². The summed E-state index contributed by atoms with van der Waals surface area (Å²) in [5.41, 5.74) is 0.326. The van der Waals surface area contributed by atoms with Crippen molar-refractivity contribution in [1.82, 2.24) is 14.9 Å². The van der Waals surface area contributed by atoms with Gasteiger partial charge in [0, 0.05) is 25.7 Å². The van der Waals surface area contributed by atoms with Crippen molar-refractivity contribution in [2.24, 2.45) is 0 Å². The summed E-state index contributed by atoms with van der Waals surface area (Å²) in [7, 11) is 0. The fourth-order valence-electron chi connectivity index (χ4n) is 2.45. The van der Waals surface area contributed by atoms with Crippen molar-refractivity contribution in [3.63, 3.8) is 0 Å². The first-order chi connectivity index (χ1) is 10.1. The van der Waals surface area contributed by atoms with Crippen LogP contribution in [0.25, 0.3) is 0 Å². The lowest BCUT2D eigenvalue weighted by molar-refractivity contribution is -0.144. The fraction of sp³-hybridized carbons (Fsp3) is 0.571. The average Bonchev–Trinajstić information content (AvgIpc) is 2.48. The Labute approximate surface area is 123 Å². The summed E-state index contributed by atoms with van der Waals surface area (Å²) < 4.78 is 4.97. The van der Waals surface area contributed by atoms with Gasteiger partial charge < -0.3 is 9.64 Å². The highest BCUT2D eigenvalue weighted by atomic mass is 16.5. The molecule has 0 unspecified atom stereocenters. The molecule has 1 aromatic heterocycles. The van der Waals surface area contributed by atoms with E-state index in [2.05, 4.69) is 26.7 Å². The second-order valence-corrected chi connectivity index (χ2v) is 5.00. The number of ether oxygens (including phenoxy) is 1. The summed E-state index contributed by atoms with van der Waals surface area (Å²) in [6.45, 7) is 6.90. The van der Waals surface area contributed by atoms with Gasteiger partial charge in [-0.3, -0.25) is 14.5 Å². The van der Waals surface area contributed by atoms with E-state index in [0.717, 1.165) is 25.5 Å². The minimum atomic E-state index is -0.187. The Balaban J connectivity index is 1.93. The highest BCUT2D eigenvalue weighted by Gasteiger charge is 2.26. The molecule has 0 amide bonds. The molecule has 0 aromatic carbocycles. The Hall–Kier alpha value is -2.02. The first kappa shape index (κ1) is 15.4. The lowest BCUT2D eigenvalue weighted by Crippen LogP contribution is -2.53. The Kier molecular flexibility index (Phi) is 5.21. The molecule has 2 heterocycles. The molecule has 2 rings (SSSR count). The number of carbonyl (C=O) groups is 2. The molecule has 0 spiro atoms. The maximum atomic E-state index is 11.5. The Morgan fingerprint density at radius 2 is 2.24 bits per heavy atom. The number of hydrogen-bond acceptors (Lipinski definition) is 7. The summed E-state index contributed by atoms with van der Waals surface area (Å²) in [4.78, 5) is 34.6. The molecule has 0 N–H and O–H groups in total. The molecule has 0 bridgehead atoms. The lowest BCUT2D eigenvalue weighted by atomic mass is 10.2. The summed E-state index contributed by atoms with van der Waals surface area (Å²) in [6.07, 6.45) is 3.76. The van der Waals surface area contributed by atoms with E-state index < -0.39 is 0 Å². The molecule has 7 heteroatoms. The quantitative estimate of drug-likeness (QED) is 0.573. The van der Waals surface area contributed by atoms with Crippen LogP contribution in [-0.2, 0) is 9.53 Å². The van der Waals surface area contributed by atoms with E-state index in [0.29, 0.717) is 25.1 Å². The van der Waals surface area contributed by atoms with Gasteiger partial charge in [-0.1, -0.05) is 0 Å². The van der Waals surface area contributed by atoms with Crippen LogP contribution in [0.2, 0.25) is 0 Å². The minimum absolute atomic E-state index is 0.187. The number of carbonyl (C=O) groups excluding carboxylic acids is 2. The normalized spacial score (nSPS) is 19.3. The van der Waals surface area contributed by atoms with Crippen molar-refractivity contribution in [1.29, 1.82) is 0 Å². The van der Waals surface area contributed by atoms with Crippen LogP contribution in [0.3, 0.4) is 0 Å². The Morgan fingerprint density at radius 1 is 1.43 bits per heavy atom. The van der Waals surface area contributed by atoms with E-state index in [1.54, 1.807) is 13.1 Å². The molecule has 114 valence electrons. The van der Waals surface area contributed by atoms with Crippen molar-refractivity contribution < 1.29 is 14.3 Å². The number of esters is 1. The van der Waals surface area contributed by atoms with E-state index in [4.69, 9.17) is 4.74 Å². The molecule has 21 heavy (non-hydrogen) atoms. The molecule has 1 aromatic rings. The zero-order valence-electron chi connectivity index (χ0n) is 12.4. The van der Waals surface area contributed by atoms with Crippen LogP contribution in [0.4, 0.5) is 5.82 Å². The third-order valence-corrected chi connectivity index (χ3v) is 3.44. The van der Waals surface area contributed by atoms with Crippen molar-refractivity contribution in [2.45, 2.75) is 19.9 Å². The van der Waals surface area contributed by atoms with Gasteiger partial charge in [0.15, 0.2) is 6.29 Å². The van der Waals surface area contributed by atoms with Crippen molar-refractivity contribution in [2.75, 3.05) is 37.7 Å². The highest BCUT2D eigenvalue weighted by Crippen LogP contribution is 2.17. The monoisotopic (exact) mass is 292 g/mol. The molecule has 0 radical (unpaired) electrons. The van der Waals surface area contributed by atoms with Gasteiger partial charge in [0.1, 0.15) is 11.5 Å². The first-order valence-corrected chi connectivity index (χ1v) is 7.06. The lowest BCUT2D eigenvalue weighted by Gasteiger charge is -2.39. The second-order valence-electron chi connectivity index (χ2n) is 5.00. The molecule has 7 nitrogen and oxygen atoms in total. The maximum Gasteiger partial charge on any atom is 0.320 e. The molecule has 1 aliphatic heterocycles. The molecule has 1 fully saturated rings. The number of aromatic nitrogens is 2. The van der Waals surface area contributed by atoms with Crippen LogP contribution in [0, 0.1) is 0 Å². The molecular formula is C14H20N4O3. The number of anilines is 1. The SMILES string of the molecule is CCOC(=O)CN1CCN(c2cnc(C=O)cn2)[C@H](C)C1. The number of rotatable bonds is 5. The molecule has 1 atom stereocenters. The Bertz CT molecular complexity index is 491. The topological polar surface area (TPSA) is 75.6 Å². The van der Waals surface area contributed by atoms with E-state index >= 15 is 0 Å². The van der Waals surface area contributed by atoms with Gasteiger partial charge >= 0.3 is 5.97 Å². The van der Waals surface area contributed by atoms with Crippen molar-refractivity contribution in [3.05, 3.63) is 18.1 Å². The molecule has 1 saturated heterocycles. The van der Waals surface area contributed by atoms with Crippen molar-refractivity contribution in [3.8, 4) is 0 Å². The van der Waals surface area contributed by atoms with E-state index in [9.17, 15) is 9.59 Å². The van der Waals surface area contributed by atoms with Crippen LogP contribution in [0.5, 0.6) is 0 Å². The van der Waals surface area contributed by atoms with Gasteiger partial charge in [-0.2, -0.15) is 0 Å². The van der Waals surface area contributed by atoms with Gasteiger partial charge in [0.25, 0.3) is 0 Å². The zero-order valence-corrected chi connectivity index (χ0v) is 12.4. The largest absolute Gasteiger partial charge is 0.465 e. The standard InChI is InChI=1S/C14H20N4O3/c1-3-21-14(20)9-17-4-5-18(11(2)8-17)13-7-15-12(10-19)6-16-13/h6-7,10-11H,3-5,8-9H2,1-2H3/t11-/m1/s1. The van der Waals surface area contributed by atoms with Crippen LogP contribution in [0.1, 0.15) is 24.3 Å². The van der Waals surface area contributed by atoms with Gasteiger partial charge in [0.05, 0.1) is 25.5 Å². The molecule has 1 aliphatic rings. The van der Waals surface area contributed by atoms with E-state index in [-0.39, 0.29) is 12.0 Å². The number of aldehydes is 1. The van der Waals surface area contributed by atoms with Crippen LogP contribution in [-0.4, -0.2) is 66.0 Å². The third-order valence-electron chi connectivity index (χ3n) is 3.44. The number of hydrogen-bond donors (Lipinski definition) is 0. The first-order valence-electron chi connectivity index (χ1n) is 7.06. The van der Waals surface area contributed by atoms with Crippen LogP contribution in [0.15, 0.2) is 12.4 Å². The summed E-state index contributed by atoms with van der Waals surface area (Å²) >= 11 is 0. The second kappa shape index (κ2) is 7.12. The van der Waals surface area contributed by atoms with E-state index in [1.165, 1.54) is 6.20 Å². The predicted octanol–water partition coefficient (Wildman–Crippen LogP) is 0.363. The highest BCUT2D eigenvalue weighted by molar-refractivity contribution is 5.72. The molecule has 0 saturated carbocycles. The van der Waals surface area contributed by atoms with Crippen LogP contribution < -0.4 is 4.90 Å². The van der Waals surface area contributed by atoms with Crippen LogP contribution >= 0.6 is 0 Å². The van der Waals surface area contributed by atoms with Gasteiger partial charge in [-0.25, -0.2) is 9.97 Å².